The van der Waals surface area contributed by atoms with Crippen LogP contribution in [0.2, 0.25) is 0 Å². The minimum atomic E-state index is -0.688. The minimum absolute atomic E-state index is 0.109. The van der Waals surface area contributed by atoms with E-state index >= 15 is 8.78 Å². The highest BCUT2D eigenvalue weighted by Gasteiger charge is 2.30. The van der Waals surface area contributed by atoms with Crippen molar-refractivity contribution in [2.24, 2.45) is 0 Å². The third kappa shape index (κ3) is 5.10. The summed E-state index contributed by atoms with van der Waals surface area (Å²) in [4.78, 5) is 10.5. The smallest absolute Gasteiger partial charge is 0.229 e. The number of hydrogen-bond acceptors (Lipinski definition) is 6. The van der Waals surface area contributed by atoms with E-state index in [-0.39, 0.29) is 17.7 Å². The quantitative estimate of drug-likeness (QED) is 0.312. The molecule has 1 heterocycles. The lowest BCUT2D eigenvalue weighted by Gasteiger charge is -2.31. The van der Waals surface area contributed by atoms with Crippen molar-refractivity contribution in [3.8, 4) is 23.3 Å². The van der Waals surface area contributed by atoms with Crippen molar-refractivity contribution in [2.45, 2.75) is 31.7 Å². The highest BCUT2D eigenvalue weighted by Crippen LogP contribution is 2.39. The number of anilines is 4. The van der Waals surface area contributed by atoms with Crippen molar-refractivity contribution in [2.75, 3.05) is 10.2 Å². The molecule has 1 aliphatic rings. The summed E-state index contributed by atoms with van der Waals surface area (Å²) >= 11 is 0. The second kappa shape index (κ2) is 10.4. The Hall–Kier alpha value is -4.82. The van der Waals surface area contributed by atoms with Crippen LogP contribution in [0.15, 0.2) is 72.9 Å². The fourth-order valence-electron chi connectivity index (χ4n) is 4.65. The molecule has 1 N–H and O–H groups in total. The summed E-state index contributed by atoms with van der Waals surface area (Å²) in [6.45, 7) is 0. The lowest BCUT2D eigenvalue weighted by Crippen LogP contribution is -2.31. The van der Waals surface area contributed by atoms with Gasteiger partial charge >= 0.3 is 0 Å². The van der Waals surface area contributed by atoms with Crippen LogP contribution < -0.4 is 10.2 Å². The Bertz CT molecular complexity index is 1470. The fourth-order valence-corrected chi connectivity index (χ4v) is 4.65. The number of nitriles is 2. The molecule has 0 saturated heterocycles. The van der Waals surface area contributed by atoms with Crippen molar-refractivity contribution in [1.82, 2.24) is 9.97 Å². The van der Waals surface area contributed by atoms with E-state index in [2.05, 4.69) is 21.4 Å². The monoisotopic (exact) mass is 492 g/mol. The summed E-state index contributed by atoms with van der Waals surface area (Å²) in [6.07, 6.45) is 5.07. The number of aromatic nitrogens is 2. The molecule has 0 unspecified atom stereocenters. The highest BCUT2D eigenvalue weighted by atomic mass is 19.1. The standard InChI is InChI=1S/C29H22F2N6/c30-25-15-22(21-9-5-19(17-32)6-10-21)16-26(31)28(25)37(24-3-1-2-4-24)27-13-14-34-29(36-27)35-23-11-7-20(18-33)8-12-23/h5-16,24H,1-4H2,(H,34,35,36). The second-order valence-electron chi connectivity index (χ2n) is 8.84. The zero-order chi connectivity index (χ0) is 25.8. The second-order valence-corrected chi connectivity index (χ2v) is 8.84. The van der Waals surface area contributed by atoms with Gasteiger partial charge in [0.25, 0.3) is 0 Å². The van der Waals surface area contributed by atoms with Crippen molar-refractivity contribution >= 4 is 23.1 Å². The van der Waals surface area contributed by atoms with Gasteiger partial charge in [0.15, 0.2) is 11.6 Å². The van der Waals surface area contributed by atoms with Crippen molar-refractivity contribution < 1.29 is 8.78 Å². The fraction of sp³-hybridized carbons (Fsp3) is 0.172. The molecule has 6 nitrogen and oxygen atoms in total. The molecule has 1 aliphatic carbocycles. The molecule has 0 amide bonds. The number of halogens is 2. The van der Waals surface area contributed by atoms with Gasteiger partial charge < -0.3 is 10.2 Å². The molecular formula is C29H22F2N6. The minimum Gasteiger partial charge on any atom is -0.324 e. The zero-order valence-electron chi connectivity index (χ0n) is 19.8. The van der Waals surface area contributed by atoms with Crippen LogP contribution in [0.5, 0.6) is 0 Å². The highest BCUT2D eigenvalue weighted by molar-refractivity contribution is 5.71. The number of nitrogens with zero attached hydrogens (tertiary/aromatic N) is 5. The normalized spacial score (nSPS) is 13.1. The Balaban J connectivity index is 1.51. The van der Waals surface area contributed by atoms with E-state index in [0.717, 1.165) is 25.7 Å². The Morgan fingerprint density at radius 2 is 1.41 bits per heavy atom. The molecule has 0 atom stereocenters. The van der Waals surface area contributed by atoms with E-state index in [4.69, 9.17) is 10.5 Å². The molecule has 8 heteroatoms. The maximum atomic E-state index is 15.6. The topological polar surface area (TPSA) is 88.6 Å². The summed E-state index contributed by atoms with van der Waals surface area (Å²) in [5.41, 5.74) is 2.55. The lowest BCUT2D eigenvalue weighted by atomic mass is 10.0. The van der Waals surface area contributed by atoms with Crippen LogP contribution in [0.4, 0.5) is 31.9 Å². The van der Waals surface area contributed by atoms with Crippen LogP contribution in [0.3, 0.4) is 0 Å². The van der Waals surface area contributed by atoms with E-state index in [1.807, 2.05) is 6.07 Å². The third-order valence-electron chi connectivity index (χ3n) is 6.45. The maximum Gasteiger partial charge on any atom is 0.229 e. The van der Waals surface area contributed by atoms with Gasteiger partial charge in [0.1, 0.15) is 11.5 Å². The largest absolute Gasteiger partial charge is 0.324 e. The summed E-state index contributed by atoms with van der Waals surface area (Å²) < 4.78 is 31.3. The molecule has 1 fully saturated rings. The zero-order valence-corrected chi connectivity index (χ0v) is 19.8. The SMILES string of the molecule is N#Cc1ccc(Nc2nccc(N(c3c(F)cc(-c4ccc(C#N)cc4)cc3F)C3CCCC3)n2)cc1. The first-order valence-electron chi connectivity index (χ1n) is 11.9. The van der Waals surface area contributed by atoms with E-state index < -0.39 is 11.6 Å². The summed E-state index contributed by atoms with van der Waals surface area (Å²) in [7, 11) is 0. The van der Waals surface area contributed by atoms with Crippen LogP contribution in [0, 0.1) is 34.3 Å². The molecule has 0 spiro atoms. The molecule has 0 bridgehead atoms. The average Bonchev–Trinajstić information content (AvgIpc) is 3.46. The number of rotatable bonds is 6. The van der Waals surface area contributed by atoms with Gasteiger partial charge in [-0.2, -0.15) is 15.5 Å². The lowest BCUT2D eigenvalue weighted by molar-refractivity contribution is 0.561. The number of nitrogens with one attached hydrogen (secondary N) is 1. The molecule has 1 aromatic heterocycles. The molecule has 182 valence electrons. The Labute approximate surface area is 213 Å². The molecule has 5 rings (SSSR count). The maximum absolute atomic E-state index is 15.6. The molecule has 0 aliphatic heterocycles. The van der Waals surface area contributed by atoms with Gasteiger partial charge in [-0.25, -0.2) is 13.8 Å². The van der Waals surface area contributed by atoms with Gasteiger partial charge in [0.05, 0.1) is 23.3 Å². The summed E-state index contributed by atoms with van der Waals surface area (Å²) in [5, 5.41) is 21.1. The first-order valence-corrected chi connectivity index (χ1v) is 11.9. The van der Waals surface area contributed by atoms with Crippen LogP contribution in [0.1, 0.15) is 36.8 Å². The van der Waals surface area contributed by atoms with Gasteiger partial charge in [-0.1, -0.05) is 25.0 Å². The van der Waals surface area contributed by atoms with Gasteiger partial charge in [-0.05, 0) is 78.6 Å². The van der Waals surface area contributed by atoms with Crippen LogP contribution >= 0.6 is 0 Å². The van der Waals surface area contributed by atoms with Gasteiger partial charge in [-0.15, -0.1) is 0 Å². The van der Waals surface area contributed by atoms with Crippen LogP contribution in [0.25, 0.3) is 11.1 Å². The number of benzene rings is 3. The molecule has 0 radical (unpaired) electrons. The first kappa shape index (κ1) is 23.9. The van der Waals surface area contributed by atoms with Gasteiger partial charge in [-0.3, -0.25) is 0 Å². The van der Waals surface area contributed by atoms with Crippen molar-refractivity contribution in [3.63, 3.8) is 0 Å². The Morgan fingerprint density at radius 3 is 2.00 bits per heavy atom. The molecule has 4 aromatic rings. The molecule has 1 saturated carbocycles. The Morgan fingerprint density at radius 1 is 0.811 bits per heavy atom. The predicted molar refractivity (Wildman–Crippen MR) is 137 cm³/mol. The number of hydrogen-bond donors (Lipinski definition) is 1. The Kier molecular flexibility index (Phi) is 6.74. The summed E-state index contributed by atoms with van der Waals surface area (Å²) in [5.74, 6) is -0.708. The van der Waals surface area contributed by atoms with E-state index in [1.165, 1.54) is 12.1 Å². The molecular weight excluding hydrogens is 470 g/mol. The van der Waals surface area contributed by atoms with Gasteiger partial charge in [0.2, 0.25) is 5.95 Å². The molecule has 37 heavy (non-hydrogen) atoms. The predicted octanol–water partition coefficient (Wildman–Crippen LogP) is 6.99. The third-order valence-corrected chi connectivity index (χ3v) is 6.45. The van der Waals surface area contributed by atoms with E-state index in [9.17, 15) is 0 Å². The van der Waals surface area contributed by atoms with Gasteiger partial charge in [0, 0.05) is 17.9 Å². The molecule has 3 aromatic carbocycles. The van der Waals surface area contributed by atoms with Crippen LogP contribution in [-0.2, 0) is 0 Å². The first-order chi connectivity index (χ1) is 18.1. The van der Waals surface area contributed by atoms with Crippen molar-refractivity contribution in [1.29, 1.82) is 10.5 Å². The van der Waals surface area contributed by atoms with E-state index in [0.29, 0.717) is 33.8 Å². The van der Waals surface area contributed by atoms with E-state index in [1.54, 1.807) is 65.7 Å². The van der Waals surface area contributed by atoms with Crippen LogP contribution in [-0.4, -0.2) is 16.0 Å². The van der Waals surface area contributed by atoms with Crippen molar-refractivity contribution in [3.05, 3.63) is 95.7 Å². The summed E-state index contributed by atoms with van der Waals surface area (Å²) in [6, 6.07) is 21.7. The average molecular weight is 493 g/mol.